The van der Waals surface area contributed by atoms with E-state index in [1.54, 1.807) is 6.21 Å². The Labute approximate surface area is 55.2 Å². The monoisotopic (exact) mass is 125 g/mol. The van der Waals surface area contributed by atoms with E-state index in [0.717, 1.165) is 0 Å². The molecule has 0 rings (SSSR count). The quantitative estimate of drug-likeness (QED) is 0.337. The molecule has 0 unspecified atom stereocenters. The van der Waals surface area contributed by atoms with Crippen LogP contribution in [0.25, 0.3) is 0 Å². The maximum atomic E-state index is 3.89. The Morgan fingerprint density at radius 1 is 1.67 bits per heavy atom. The van der Waals surface area contributed by atoms with Crippen LogP contribution in [0.15, 0.2) is 22.2 Å². The van der Waals surface area contributed by atoms with Crippen LogP contribution in [-0.4, -0.2) is 19.6 Å². The molecule has 0 bridgehead atoms. The summed E-state index contributed by atoms with van der Waals surface area (Å²) in [5.74, 6) is 0. The summed E-state index contributed by atoms with van der Waals surface area (Å²) in [6.07, 6.45) is 5.47. The van der Waals surface area contributed by atoms with Crippen LogP contribution in [0.3, 0.4) is 0 Å². The first-order valence-corrected chi connectivity index (χ1v) is 2.71. The fourth-order valence-electron chi connectivity index (χ4n) is 0.290. The van der Waals surface area contributed by atoms with Gasteiger partial charge in [0.1, 0.15) is 6.67 Å². The van der Waals surface area contributed by atoms with Crippen molar-refractivity contribution in [2.24, 2.45) is 10.1 Å². The zero-order chi connectivity index (χ0) is 6.95. The second-order valence-corrected chi connectivity index (χ2v) is 1.33. The molecule has 3 nitrogen and oxygen atoms in total. The molecule has 0 aliphatic rings. The predicted molar refractivity (Wildman–Crippen MR) is 40.9 cm³/mol. The first-order chi connectivity index (χ1) is 4.41. The van der Waals surface area contributed by atoms with E-state index >= 15 is 0 Å². The van der Waals surface area contributed by atoms with Crippen LogP contribution in [-0.2, 0) is 0 Å². The van der Waals surface area contributed by atoms with Crippen LogP contribution in [0.1, 0.15) is 6.92 Å². The molecular weight excluding hydrogens is 114 g/mol. The summed E-state index contributed by atoms with van der Waals surface area (Å²) in [5.41, 5.74) is 2.59. The minimum Gasteiger partial charge on any atom is -0.289 e. The summed E-state index contributed by atoms with van der Waals surface area (Å²) in [4.78, 5) is 3.89. The van der Waals surface area contributed by atoms with Crippen molar-refractivity contribution in [3.05, 3.63) is 12.2 Å². The van der Waals surface area contributed by atoms with Gasteiger partial charge in [0, 0.05) is 12.9 Å². The molecule has 1 N–H and O–H groups in total. The van der Waals surface area contributed by atoms with Crippen LogP contribution in [0.4, 0.5) is 0 Å². The minimum atomic E-state index is 0.494. The molecule has 0 saturated carbocycles. The highest BCUT2D eigenvalue weighted by Crippen LogP contribution is 1.65. The van der Waals surface area contributed by atoms with E-state index in [4.69, 9.17) is 0 Å². The van der Waals surface area contributed by atoms with Gasteiger partial charge in [0.15, 0.2) is 0 Å². The molecular formula is C6H11N3. The molecule has 3 heteroatoms. The zero-order valence-electron chi connectivity index (χ0n) is 5.54. The average Bonchev–Trinajstić information content (AvgIpc) is 1.89. The summed E-state index contributed by atoms with van der Waals surface area (Å²) < 4.78 is 0. The van der Waals surface area contributed by atoms with E-state index in [1.165, 1.54) is 0 Å². The number of hydrazone groups is 1. The maximum Gasteiger partial charge on any atom is 0.123 e. The number of hydrogen-bond acceptors (Lipinski definition) is 3. The van der Waals surface area contributed by atoms with Gasteiger partial charge in [-0.3, -0.25) is 10.4 Å². The predicted octanol–water partition coefficient (Wildman–Crippen LogP) is 0.796. The molecule has 0 fully saturated rings. The Bertz CT molecular complexity index is 115. The van der Waals surface area contributed by atoms with Gasteiger partial charge in [0.05, 0.1) is 0 Å². The number of allylic oxidation sites excluding steroid dienone is 2. The molecule has 0 heterocycles. The molecule has 0 aromatic carbocycles. The number of rotatable bonds is 4. The lowest BCUT2D eigenvalue weighted by Crippen LogP contribution is -2.02. The molecule has 0 radical (unpaired) electrons. The van der Waals surface area contributed by atoms with Gasteiger partial charge in [-0.25, -0.2) is 0 Å². The third kappa shape index (κ3) is 6.88. The first kappa shape index (κ1) is 7.88. The van der Waals surface area contributed by atoms with Crippen LogP contribution in [0.2, 0.25) is 0 Å². The second kappa shape index (κ2) is 6.88. The molecule has 0 aliphatic carbocycles. The van der Waals surface area contributed by atoms with E-state index in [0.29, 0.717) is 6.67 Å². The summed E-state index contributed by atoms with van der Waals surface area (Å²) in [7, 11) is 0. The van der Waals surface area contributed by atoms with Crippen molar-refractivity contribution in [2.75, 3.05) is 6.67 Å². The lowest BCUT2D eigenvalue weighted by molar-refractivity contribution is 0.771. The Balaban J connectivity index is 3.14. The Hall–Kier alpha value is -1.12. The van der Waals surface area contributed by atoms with Crippen LogP contribution in [0.5, 0.6) is 0 Å². The summed E-state index contributed by atoms with van der Waals surface area (Å²) in [5, 5.41) is 3.40. The Morgan fingerprint density at radius 2 is 2.44 bits per heavy atom. The van der Waals surface area contributed by atoms with E-state index in [-0.39, 0.29) is 0 Å². The zero-order valence-corrected chi connectivity index (χ0v) is 5.54. The van der Waals surface area contributed by atoms with E-state index in [1.807, 2.05) is 19.1 Å². The van der Waals surface area contributed by atoms with Crippen molar-refractivity contribution < 1.29 is 0 Å². The highest BCUT2D eigenvalue weighted by Gasteiger charge is 1.66. The molecule has 0 aromatic heterocycles. The topological polar surface area (TPSA) is 36.8 Å². The van der Waals surface area contributed by atoms with Crippen molar-refractivity contribution >= 4 is 12.9 Å². The summed E-state index contributed by atoms with van der Waals surface area (Å²) >= 11 is 0. The van der Waals surface area contributed by atoms with Crippen molar-refractivity contribution in [1.29, 1.82) is 0 Å². The number of nitrogens with zero attached hydrogens (tertiary/aromatic N) is 2. The van der Waals surface area contributed by atoms with Crippen molar-refractivity contribution in [1.82, 2.24) is 5.43 Å². The molecule has 0 atom stereocenters. The van der Waals surface area contributed by atoms with Gasteiger partial charge in [-0.2, -0.15) is 5.10 Å². The van der Waals surface area contributed by atoms with Crippen LogP contribution < -0.4 is 5.43 Å². The van der Waals surface area contributed by atoms with E-state index in [2.05, 4.69) is 22.2 Å². The molecule has 0 spiro atoms. The lowest BCUT2D eigenvalue weighted by Gasteiger charge is -1.87. The van der Waals surface area contributed by atoms with Gasteiger partial charge in [-0.05, 0) is 13.0 Å². The summed E-state index contributed by atoms with van der Waals surface area (Å²) in [6, 6.07) is 0. The maximum absolute atomic E-state index is 3.89. The number of nitrogens with one attached hydrogen (secondary N) is 1. The smallest absolute Gasteiger partial charge is 0.123 e. The van der Waals surface area contributed by atoms with Gasteiger partial charge in [0.2, 0.25) is 0 Å². The van der Waals surface area contributed by atoms with Gasteiger partial charge < -0.3 is 0 Å². The molecule has 0 aromatic rings. The van der Waals surface area contributed by atoms with E-state index in [9.17, 15) is 0 Å². The SMILES string of the molecule is C=NNC/N=C\C=C/C. The fourth-order valence-corrected chi connectivity index (χ4v) is 0.290. The average molecular weight is 125 g/mol. The number of hydrogen-bond donors (Lipinski definition) is 1. The third-order valence-electron chi connectivity index (χ3n) is 0.658. The molecule has 9 heavy (non-hydrogen) atoms. The van der Waals surface area contributed by atoms with Gasteiger partial charge in [-0.1, -0.05) is 6.08 Å². The normalized spacial score (nSPS) is 10.8. The van der Waals surface area contributed by atoms with Crippen molar-refractivity contribution in [2.45, 2.75) is 6.92 Å². The second-order valence-electron chi connectivity index (χ2n) is 1.33. The number of aliphatic imine (C=N–C) groups is 1. The van der Waals surface area contributed by atoms with E-state index < -0.39 is 0 Å². The standard InChI is InChI=1S/C6H11N3/c1-3-4-5-8-6-9-7-2/h3-5,9H,2,6H2,1H3/b4-3-,8-5-. The summed E-state index contributed by atoms with van der Waals surface area (Å²) in [6.45, 7) is 5.66. The fraction of sp³-hybridized carbons (Fsp3) is 0.333. The van der Waals surface area contributed by atoms with Gasteiger partial charge >= 0.3 is 0 Å². The Morgan fingerprint density at radius 3 is 3.00 bits per heavy atom. The van der Waals surface area contributed by atoms with Gasteiger partial charge in [0.25, 0.3) is 0 Å². The van der Waals surface area contributed by atoms with Crippen molar-refractivity contribution in [3.8, 4) is 0 Å². The lowest BCUT2D eigenvalue weighted by atomic mass is 10.6. The van der Waals surface area contributed by atoms with Crippen LogP contribution in [0, 0.1) is 0 Å². The Kier molecular flexibility index (Phi) is 6.02. The molecule has 0 saturated heterocycles. The highest BCUT2D eigenvalue weighted by molar-refractivity contribution is 5.70. The minimum absolute atomic E-state index is 0.494. The highest BCUT2D eigenvalue weighted by atomic mass is 15.3. The van der Waals surface area contributed by atoms with Crippen LogP contribution >= 0.6 is 0 Å². The van der Waals surface area contributed by atoms with Gasteiger partial charge in [-0.15, -0.1) is 0 Å². The largest absolute Gasteiger partial charge is 0.289 e. The van der Waals surface area contributed by atoms with Crippen molar-refractivity contribution in [3.63, 3.8) is 0 Å². The molecule has 0 amide bonds. The molecule has 0 aliphatic heterocycles. The third-order valence-corrected chi connectivity index (χ3v) is 0.658. The first-order valence-electron chi connectivity index (χ1n) is 2.71. The molecule has 50 valence electrons.